The first-order chi connectivity index (χ1) is 6.49. The van der Waals surface area contributed by atoms with Crippen LogP contribution in [0.1, 0.15) is 26.7 Å². The summed E-state index contributed by atoms with van der Waals surface area (Å²) in [5.74, 6) is -0.470. The van der Waals surface area contributed by atoms with E-state index in [2.05, 4.69) is 0 Å². The Labute approximate surface area is 84.9 Å². The molecule has 0 amide bonds. The summed E-state index contributed by atoms with van der Waals surface area (Å²) in [4.78, 5) is 22.1. The molecule has 2 atom stereocenters. The number of aldehydes is 1. The van der Waals surface area contributed by atoms with Crippen LogP contribution in [0.4, 0.5) is 0 Å². The summed E-state index contributed by atoms with van der Waals surface area (Å²) in [6.07, 6.45) is 1.76. The average molecular weight is 202 g/mol. The number of likely N-dealkylation sites (N-methyl/N-ethyl adjacent to an activating group) is 1. The molecule has 2 N–H and O–H groups in total. The number of carboxylic acid groups (broad SMARTS) is 1. The van der Waals surface area contributed by atoms with Gasteiger partial charge in [0.25, 0.3) is 0 Å². The third-order valence-electron chi connectivity index (χ3n) is 2.40. The van der Waals surface area contributed by atoms with Crippen molar-refractivity contribution < 1.29 is 19.6 Å². The molecule has 14 heavy (non-hydrogen) atoms. The summed E-state index contributed by atoms with van der Waals surface area (Å²) in [5, 5.41) is 8.45. The molecule has 0 radical (unpaired) electrons. The van der Waals surface area contributed by atoms with Crippen molar-refractivity contribution >= 4 is 12.3 Å². The third kappa shape index (κ3) is 4.97. The molecule has 0 aromatic rings. The number of carboxylic acids is 1. The Kier molecular flexibility index (Phi) is 6.12. The van der Waals surface area contributed by atoms with Crippen molar-refractivity contribution in [1.82, 2.24) is 0 Å². The predicted octanol–water partition coefficient (Wildman–Crippen LogP) is -0.411. The molecule has 0 aromatic carbocycles. The van der Waals surface area contributed by atoms with E-state index in [1.807, 2.05) is 20.9 Å². The van der Waals surface area contributed by atoms with Crippen LogP contribution in [0.5, 0.6) is 0 Å². The van der Waals surface area contributed by atoms with Crippen LogP contribution in [0.2, 0.25) is 0 Å². The molecule has 0 aromatic heterocycles. The Hall–Kier alpha value is -0.900. The molecule has 4 heteroatoms. The Morgan fingerprint density at radius 2 is 2.07 bits per heavy atom. The largest absolute Gasteiger partial charge is 0.481 e. The highest BCUT2D eigenvalue weighted by Gasteiger charge is 2.20. The quantitative estimate of drug-likeness (QED) is 0.552. The van der Waals surface area contributed by atoms with Crippen molar-refractivity contribution in [3.05, 3.63) is 0 Å². The SMILES string of the molecule is CC(C)[C@@H](C=O)[NH+](C)CCCC(=O)O. The zero-order valence-electron chi connectivity index (χ0n) is 9.12. The van der Waals surface area contributed by atoms with Gasteiger partial charge < -0.3 is 10.0 Å². The van der Waals surface area contributed by atoms with E-state index >= 15 is 0 Å². The van der Waals surface area contributed by atoms with Crippen molar-refractivity contribution in [3.8, 4) is 0 Å². The van der Waals surface area contributed by atoms with Gasteiger partial charge in [-0.1, -0.05) is 13.8 Å². The van der Waals surface area contributed by atoms with Crippen LogP contribution < -0.4 is 4.90 Å². The number of rotatable bonds is 7. The molecular weight excluding hydrogens is 182 g/mol. The highest BCUT2D eigenvalue weighted by Crippen LogP contribution is 1.94. The minimum Gasteiger partial charge on any atom is -0.481 e. The van der Waals surface area contributed by atoms with Crippen LogP contribution in [-0.2, 0) is 9.59 Å². The van der Waals surface area contributed by atoms with E-state index in [1.165, 1.54) is 0 Å². The molecule has 4 nitrogen and oxygen atoms in total. The fraction of sp³-hybridized carbons (Fsp3) is 0.800. The van der Waals surface area contributed by atoms with Crippen molar-refractivity contribution in [3.63, 3.8) is 0 Å². The maximum atomic E-state index is 10.7. The summed E-state index contributed by atoms with van der Waals surface area (Å²) >= 11 is 0. The molecule has 82 valence electrons. The summed E-state index contributed by atoms with van der Waals surface area (Å²) in [6.45, 7) is 4.73. The summed E-state index contributed by atoms with van der Waals surface area (Å²) in [7, 11) is 1.93. The van der Waals surface area contributed by atoms with E-state index in [0.717, 1.165) is 17.7 Å². The molecule has 0 bridgehead atoms. The monoisotopic (exact) mass is 202 g/mol. The van der Waals surface area contributed by atoms with Crippen LogP contribution in [0.3, 0.4) is 0 Å². The number of carbonyl (C=O) groups is 2. The Bertz CT molecular complexity index is 192. The number of hydrogen-bond acceptors (Lipinski definition) is 2. The normalized spacial score (nSPS) is 15.1. The van der Waals surface area contributed by atoms with E-state index < -0.39 is 5.97 Å². The molecule has 0 aliphatic rings. The minimum absolute atomic E-state index is 0.0243. The predicted molar refractivity (Wildman–Crippen MR) is 53.3 cm³/mol. The molecule has 0 aliphatic carbocycles. The van der Waals surface area contributed by atoms with Crippen molar-refractivity contribution in [2.24, 2.45) is 5.92 Å². The Balaban J connectivity index is 3.86. The maximum absolute atomic E-state index is 10.7. The summed E-state index contributed by atoms with van der Waals surface area (Å²) < 4.78 is 0. The first kappa shape index (κ1) is 13.1. The molecular formula is C10H20NO3+. The summed E-state index contributed by atoms with van der Waals surface area (Å²) in [6, 6.07) is -0.0243. The van der Waals surface area contributed by atoms with E-state index in [0.29, 0.717) is 12.3 Å². The standard InChI is InChI=1S/C10H19NO3/c1-8(2)9(7-12)11(3)6-4-5-10(13)14/h7-9H,4-6H2,1-3H3,(H,13,14)/p+1/t9-/m1/s1. The topological polar surface area (TPSA) is 58.8 Å². The number of hydrogen-bond donors (Lipinski definition) is 2. The maximum Gasteiger partial charge on any atom is 0.303 e. The lowest BCUT2D eigenvalue weighted by molar-refractivity contribution is -0.899. The molecule has 0 heterocycles. The second-order valence-corrected chi connectivity index (χ2v) is 4.00. The van der Waals surface area contributed by atoms with Crippen LogP contribution in [0.15, 0.2) is 0 Å². The number of carbonyl (C=O) groups excluding carboxylic acids is 1. The van der Waals surface area contributed by atoms with Gasteiger partial charge in [0.2, 0.25) is 0 Å². The molecule has 0 aliphatic heterocycles. The minimum atomic E-state index is -0.773. The van der Waals surface area contributed by atoms with Crippen molar-refractivity contribution in [1.29, 1.82) is 0 Å². The van der Waals surface area contributed by atoms with E-state index in [-0.39, 0.29) is 12.5 Å². The Morgan fingerprint density at radius 1 is 1.50 bits per heavy atom. The zero-order valence-corrected chi connectivity index (χ0v) is 9.12. The molecule has 0 rings (SSSR count). The van der Waals surface area contributed by atoms with Gasteiger partial charge in [0.1, 0.15) is 6.04 Å². The van der Waals surface area contributed by atoms with Gasteiger partial charge in [0.05, 0.1) is 20.0 Å². The van der Waals surface area contributed by atoms with Crippen LogP contribution in [-0.4, -0.2) is 37.0 Å². The fourth-order valence-corrected chi connectivity index (χ4v) is 1.53. The smallest absolute Gasteiger partial charge is 0.303 e. The highest BCUT2D eigenvalue weighted by atomic mass is 16.4. The number of quaternary nitrogens is 1. The van der Waals surface area contributed by atoms with E-state index in [4.69, 9.17) is 5.11 Å². The van der Waals surface area contributed by atoms with Crippen LogP contribution in [0, 0.1) is 5.92 Å². The second-order valence-electron chi connectivity index (χ2n) is 4.00. The number of aliphatic carboxylic acids is 1. The van der Waals surface area contributed by atoms with Gasteiger partial charge in [-0.3, -0.25) is 9.59 Å². The highest BCUT2D eigenvalue weighted by molar-refractivity contribution is 5.66. The van der Waals surface area contributed by atoms with Gasteiger partial charge in [-0.2, -0.15) is 0 Å². The lowest BCUT2D eigenvalue weighted by Crippen LogP contribution is -3.14. The lowest BCUT2D eigenvalue weighted by Gasteiger charge is -2.23. The first-order valence-electron chi connectivity index (χ1n) is 4.98. The van der Waals surface area contributed by atoms with Gasteiger partial charge >= 0.3 is 5.97 Å². The van der Waals surface area contributed by atoms with Gasteiger partial charge in [0, 0.05) is 12.3 Å². The molecule has 1 unspecified atom stereocenters. The van der Waals surface area contributed by atoms with Gasteiger partial charge in [-0.25, -0.2) is 0 Å². The molecule has 0 saturated heterocycles. The fourth-order valence-electron chi connectivity index (χ4n) is 1.53. The second kappa shape index (κ2) is 6.54. The van der Waals surface area contributed by atoms with Gasteiger partial charge in [0.15, 0.2) is 6.29 Å². The third-order valence-corrected chi connectivity index (χ3v) is 2.40. The van der Waals surface area contributed by atoms with E-state index in [9.17, 15) is 9.59 Å². The molecule has 0 spiro atoms. The van der Waals surface area contributed by atoms with Crippen molar-refractivity contribution in [2.45, 2.75) is 32.7 Å². The lowest BCUT2D eigenvalue weighted by atomic mass is 10.0. The molecule has 0 saturated carbocycles. The summed E-state index contributed by atoms with van der Waals surface area (Å²) in [5.41, 5.74) is 0. The van der Waals surface area contributed by atoms with E-state index in [1.54, 1.807) is 0 Å². The van der Waals surface area contributed by atoms with Crippen LogP contribution >= 0.6 is 0 Å². The van der Waals surface area contributed by atoms with Crippen molar-refractivity contribution in [2.75, 3.05) is 13.6 Å². The Morgan fingerprint density at radius 3 is 2.43 bits per heavy atom. The van der Waals surface area contributed by atoms with Crippen LogP contribution in [0.25, 0.3) is 0 Å². The zero-order chi connectivity index (χ0) is 11.1. The number of nitrogens with one attached hydrogen (secondary N) is 1. The van der Waals surface area contributed by atoms with Gasteiger partial charge in [-0.05, 0) is 0 Å². The average Bonchev–Trinajstić information content (AvgIpc) is 2.03. The van der Waals surface area contributed by atoms with Gasteiger partial charge in [-0.15, -0.1) is 0 Å². The first-order valence-corrected chi connectivity index (χ1v) is 4.98. The molecule has 0 fully saturated rings.